The number of cyclic esters (lactones) is 2. The summed E-state index contributed by atoms with van der Waals surface area (Å²) in [5, 5.41) is 0. The Balaban J connectivity index is 2.54. The Bertz CT molecular complexity index is 565. The molecule has 0 unspecified atom stereocenters. The van der Waals surface area contributed by atoms with Crippen molar-refractivity contribution in [3.8, 4) is 11.8 Å². The van der Waals surface area contributed by atoms with E-state index in [-0.39, 0.29) is 11.0 Å². The van der Waals surface area contributed by atoms with Crippen LogP contribution in [-0.4, -0.2) is 11.9 Å². The molecule has 0 N–H and O–H groups in total. The zero-order valence-corrected chi connectivity index (χ0v) is 9.96. The van der Waals surface area contributed by atoms with Crippen molar-refractivity contribution in [2.45, 2.75) is 20.8 Å². The second kappa shape index (κ2) is 3.74. The number of hydrogen-bond donors (Lipinski definition) is 0. The van der Waals surface area contributed by atoms with Crippen LogP contribution >= 0.6 is 0 Å². The second-order valence-electron chi connectivity index (χ2n) is 4.91. The van der Waals surface area contributed by atoms with Crippen molar-refractivity contribution in [3.05, 3.63) is 34.9 Å². The van der Waals surface area contributed by atoms with Crippen LogP contribution in [0, 0.1) is 17.3 Å². The van der Waals surface area contributed by atoms with Crippen molar-refractivity contribution in [2.75, 3.05) is 0 Å². The Morgan fingerprint density at radius 2 is 1.82 bits per heavy atom. The van der Waals surface area contributed by atoms with Crippen molar-refractivity contribution in [1.29, 1.82) is 0 Å². The van der Waals surface area contributed by atoms with E-state index < -0.39 is 11.9 Å². The second-order valence-corrected chi connectivity index (χ2v) is 4.91. The molecule has 0 saturated carbocycles. The molecule has 1 heterocycles. The molecule has 3 heteroatoms. The van der Waals surface area contributed by atoms with Crippen molar-refractivity contribution < 1.29 is 14.3 Å². The third-order valence-corrected chi connectivity index (χ3v) is 2.25. The third kappa shape index (κ3) is 2.21. The highest BCUT2D eigenvalue weighted by Crippen LogP contribution is 2.23. The van der Waals surface area contributed by atoms with E-state index >= 15 is 0 Å². The lowest BCUT2D eigenvalue weighted by Gasteiger charge is -2.07. The fourth-order valence-electron chi connectivity index (χ4n) is 1.49. The summed E-state index contributed by atoms with van der Waals surface area (Å²) in [6.45, 7) is 5.94. The predicted molar refractivity (Wildman–Crippen MR) is 62.5 cm³/mol. The normalized spacial score (nSPS) is 13.8. The molecule has 2 rings (SSSR count). The standard InChI is InChI=1S/C14H12O3/c1-14(2,3)8-7-9-5-4-6-10-11(9)13(16)17-12(10)15/h4-6H,1-3H3. The van der Waals surface area contributed by atoms with Gasteiger partial charge in [-0.15, -0.1) is 0 Å². The van der Waals surface area contributed by atoms with Gasteiger partial charge >= 0.3 is 11.9 Å². The van der Waals surface area contributed by atoms with E-state index in [0.717, 1.165) is 0 Å². The molecule has 17 heavy (non-hydrogen) atoms. The summed E-state index contributed by atoms with van der Waals surface area (Å²) >= 11 is 0. The number of hydrogen-bond acceptors (Lipinski definition) is 3. The Kier molecular flexibility index (Phi) is 2.51. The molecule has 1 aromatic carbocycles. The lowest BCUT2D eigenvalue weighted by molar-refractivity contribution is 0.0443. The third-order valence-electron chi connectivity index (χ3n) is 2.25. The molecule has 0 atom stereocenters. The summed E-state index contributed by atoms with van der Waals surface area (Å²) in [7, 11) is 0. The lowest BCUT2D eigenvalue weighted by Crippen LogP contribution is -2.01. The summed E-state index contributed by atoms with van der Waals surface area (Å²) in [4.78, 5) is 22.8. The molecule has 86 valence electrons. The summed E-state index contributed by atoms with van der Waals surface area (Å²) in [6, 6.07) is 4.99. The average molecular weight is 228 g/mol. The maximum atomic E-state index is 11.5. The highest BCUT2D eigenvalue weighted by Gasteiger charge is 2.31. The van der Waals surface area contributed by atoms with Gasteiger partial charge in [-0.2, -0.15) is 0 Å². The monoisotopic (exact) mass is 228 g/mol. The van der Waals surface area contributed by atoms with Crippen LogP contribution in [0.15, 0.2) is 18.2 Å². The number of ether oxygens (including phenoxy) is 1. The van der Waals surface area contributed by atoms with Crippen LogP contribution in [0.2, 0.25) is 0 Å². The molecule has 0 radical (unpaired) electrons. The number of benzene rings is 1. The Morgan fingerprint density at radius 1 is 1.12 bits per heavy atom. The lowest BCUT2D eigenvalue weighted by atomic mass is 9.96. The summed E-state index contributed by atoms with van der Waals surface area (Å²) in [6.07, 6.45) is 0. The van der Waals surface area contributed by atoms with Crippen molar-refractivity contribution in [3.63, 3.8) is 0 Å². The molecule has 3 nitrogen and oxygen atoms in total. The van der Waals surface area contributed by atoms with Gasteiger partial charge < -0.3 is 4.74 Å². The van der Waals surface area contributed by atoms with Gasteiger partial charge in [-0.3, -0.25) is 0 Å². The van der Waals surface area contributed by atoms with E-state index in [1.807, 2.05) is 20.8 Å². The zero-order valence-electron chi connectivity index (χ0n) is 9.96. The van der Waals surface area contributed by atoms with Gasteiger partial charge in [0.1, 0.15) is 0 Å². The average Bonchev–Trinajstić information content (AvgIpc) is 2.52. The van der Waals surface area contributed by atoms with Crippen LogP contribution in [0.4, 0.5) is 0 Å². The minimum absolute atomic E-state index is 0.157. The molecule has 0 spiro atoms. The highest BCUT2D eigenvalue weighted by molar-refractivity contribution is 6.15. The van der Waals surface area contributed by atoms with Gasteiger partial charge in [0.2, 0.25) is 0 Å². The Morgan fingerprint density at radius 3 is 2.47 bits per heavy atom. The highest BCUT2D eigenvalue weighted by atomic mass is 16.6. The first-order valence-electron chi connectivity index (χ1n) is 5.31. The largest absolute Gasteiger partial charge is 0.386 e. The van der Waals surface area contributed by atoms with Crippen molar-refractivity contribution in [1.82, 2.24) is 0 Å². The number of rotatable bonds is 0. The van der Waals surface area contributed by atoms with Crippen LogP contribution in [0.5, 0.6) is 0 Å². The minimum atomic E-state index is -0.608. The van der Waals surface area contributed by atoms with Gasteiger partial charge in [-0.05, 0) is 32.9 Å². The number of esters is 2. The van der Waals surface area contributed by atoms with E-state index in [4.69, 9.17) is 0 Å². The van der Waals surface area contributed by atoms with Gasteiger partial charge in [-0.1, -0.05) is 17.9 Å². The van der Waals surface area contributed by atoms with E-state index in [2.05, 4.69) is 16.6 Å². The van der Waals surface area contributed by atoms with Crippen LogP contribution in [0.25, 0.3) is 0 Å². The van der Waals surface area contributed by atoms with E-state index in [0.29, 0.717) is 11.1 Å². The Hall–Kier alpha value is -2.08. The molecule has 1 aliphatic rings. The van der Waals surface area contributed by atoms with Crippen molar-refractivity contribution >= 4 is 11.9 Å². The molecule has 0 aromatic heterocycles. The molecular formula is C14H12O3. The molecule has 1 aromatic rings. The van der Waals surface area contributed by atoms with E-state index in [1.54, 1.807) is 18.2 Å². The van der Waals surface area contributed by atoms with Crippen molar-refractivity contribution in [2.24, 2.45) is 5.41 Å². The summed E-state index contributed by atoms with van der Waals surface area (Å²) in [5.74, 6) is 4.77. The molecule has 0 fully saturated rings. The molecule has 0 amide bonds. The predicted octanol–water partition coefficient (Wildman–Crippen LogP) is 2.39. The maximum absolute atomic E-state index is 11.5. The smallest absolute Gasteiger partial charge is 0.348 e. The van der Waals surface area contributed by atoms with Crippen LogP contribution in [0.1, 0.15) is 47.1 Å². The molecule has 0 saturated heterocycles. The minimum Gasteiger partial charge on any atom is -0.386 e. The maximum Gasteiger partial charge on any atom is 0.348 e. The summed E-state index contributed by atoms with van der Waals surface area (Å²) in [5.41, 5.74) is 0.980. The Labute approximate surface area is 99.8 Å². The molecular weight excluding hydrogens is 216 g/mol. The van der Waals surface area contributed by atoms with E-state index in [9.17, 15) is 9.59 Å². The van der Waals surface area contributed by atoms with Crippen LogP contribution in [0.3, 0.4) is 0 Å². The fourth-order valence-corrected chi connectivity index (χ4v) is 1.49. The number of carbonyl (C=O) groups is 2. The molecule has 0 aliphatic carbocycles. The fraction of sp³-hybridized carbons (Fsp3) is 0.286. The van der Waals surface area contributed by atoms with Gasteiger partial charge in [-0.25, -0.2) is 9.59 Å². The molecule has 1 aliphatic heterocycles. The van der Waals surface area contributed by atoms with E-state index in [1.165, 1.54) is 0 Å². The first kappa shape index (κ1) is 11.4. The zero-order chi connectivity index (χ0) is 12.6. The number of carbonyl (C=O) groups excluding carboxylic acids is 2. The first-order valence-corrected chi connectivity index (χ1v) is 5.31. The van der Waals surface area contributed by atoms with Crippen LogP contribution < -0.4 is 0 Å². The van der Waals surface area contributed by atoms with Gasteiger partial charge in [0, 0.05) is 11.0 Å². The SMILES string of the molecule is CC(C)(C)C#Cc1cccc2c1C(=O)OC2=O. The topological polar surface area (TPSA) is 43.4 Å². The van der Waals surface area contributed by atoms with Gasteiger partial charge in [0.25, 0.3) is 0 Å². The van der Waals surface area contributed by atoms with Crippen LogP contribution in [-0.2, 0) is 4.74 Å². The first-order chi connectivity index (χ1) is 7.88. The molecule has 0 bridgehead atoms. The van der Waals surface area contributed by atoms with Gasteiger partial charge in [0.05, 0.1) is 11.1 Å². The van der Waals surface area contributed by atoms with Gasteiger partial charge in [0.15, 0.2) is 0 Å². The quantitative estimate of drug-likeness (QED) is 0.389. The number of fused-ring (bicyclic) bond motifs is 1. The summed E-state index contributed by atoms with van der Waals surface area (Å²) < 4.78 is 4.56.